The number of methoxy groups -OCH3 is 1. The lowest BCUT2D eigenvalue weighted by atomic mass is 10.2. The maximum absolute atomic E-state index is 11.5. The van der Waals surface area contributed by atoms with Crippen LogP contribution in [0.1, 0.15) is 18.9 Å². The van der Waals surface area contributed by atoms with Gasteiger partial charge in [-0.2, -0.15) is 0 Å². The monoisotopic (exact) mass is 453 g/mol. The minimum atomic E-state index is -2.90. The number of hydrogen-bond acceptors (Lipinski definition) is 4. The summed E-state index contributed by atoms with van der Waals surface area (Å²) in [5.41, 5.74) is 0.987. The van der Waals surface area contributed by atoms with Gasteiger partial charge in [-0.15, -0.1) is 24.0 Å². The Morgan fingerprint density at radius 2 is 2.13 bits per heavy atom. The molecule has 1 atom stereocenters. The molecule has 0 aromatic heterocycles. The van der Waals surface area contributed by atoms with Gasteiger partial charge < -0.3 is 15.4 Å². The van der Waals surface area contributed by atoms with E-state index in [0.717, 1.165) is 17.9 Å². The van der Waals surface area contributed by atoms with Crippen molar-refractivity contribution < 1.29 is 13.2 Å². The molecule has 130 valence electrons. The van der Waals surface area contributed by atoms with Gasteiger partial charge in [0.1, 0.15) is 5.75 Å². The van der Waals surface area contributed by atoms with Gasteiger partial charge in [0, 0.05) is 18.2 Å². The summed E-state index contributed by atoms with van der Waals surface area (Å²) in [5, 5.41) is 6.35. The maximum Gasteiger partial charge on any atom is 0.191 e. The molecule has 0 aliphatic carbocycles. The highest BCUT2D eigenvalue weighted by Gasteiger charge is 2.28. The van der Waals surface area contributed by atoms with Crippen molar-refractivity contribution >= 4 is 39.8 Å². The zero-order valence-electron chi connectivity index (χ0n) is 13.4. The van der Waals surface area contributed by atoms with Gasteiger partial charge in [-0.3, -0.25) is 0 Å². The van der Waals surface area contributed by atoms with Gasteiger partial charge in [0.25, 0.3) is 0 Å². The second kappa shape index (κ2) is 9.31. The highest BCUT2D eigenvalue weighted by atomic mass is 127. The Bertz CT molecular complexity index is 635. The molecule has 0 saturated carbocycles. The lowest BCUT2D eigenvalue weighted by Gasteiger charge is -2.16. The van der Waals surface area contributed by atoms with E-state index in [0.29, 0.717) is 18.9 Å². The molecule has 1 aliphatic heterocycles. The number of hydrogen-bond donors (Lipinski definition) is 2. The Morgan fingerprint density at radius 1 is 1.39 bits per heavy atom. The van der Waals surface area contributed by atoms with E-state index < -0.39 is 9.84 Å². The van der Waals surface area contributed by atoms with Crippen LogP contribution in [0.15, 0.2) is 29.3 Å². The standard InChI is InChI=1S/C15H23N3O3S.HI/c1-3-16-15(18-13-8-9-22(19,20)11-13)17-10-12-6-4-5-7-14(12)21-2;/h4-7,13H,3,8-11H2,1-2H3,(H2,16,17,18);1H. The number of rotatable bonds is 5. The first-order valence-corrected chi connectivity index (χ1v) is 9.23. The van der Waals surface area contributed by atoms with Crippen molar-refractivity contribution in [3.63, 3.8) is 0 Å². The lowest BCUT2D eigenvalue weighted by Crippen LogP contribution is -2.44. The second-order valence-corrected chi connectivity index (χ2v) is 7.48. The minimum absolute atomic E-state index is 0. The molecule has 2 N–H and O–H groups in total. The summed E-state index contributed by atoms with van der Waals surface area (Å²) in [7, 11) is -1.26. The number of nitrogens with zero attached hydrogens (tertiary/aromatic N) is 1. The second-order valence-electron chi connectivity index (χ2n) is 5.25. The van der Waals surface area contributed by atoms with Crippen LogP contribution >= 0.6 is 24.0 Å². The van der Waals surface area contributed by atoms with E-state index in [1.165, 1.54) is 0 Å². The lowest BCUT2D eigenvalue weighted by molar-refractivity contribution is 0.410. The molecule has 6 nitrogen and oxygen atoms in total. The van der Waals surface area contributed by atoms with Crippen molar-refractivity contribution in [1.82, 2.24) is 10.6 Å². The number of ether oxygens (including phenoxy) is 1. The van der Waals surface area contributed by atoms with Crippen molar-refractivity contribution in [1.29, 1.82) is 0 Å². The van der Waals surface area contributed by atoms with E-state index in [2.05, 4.69) is 15.6 Å². The number of nitrogens with one attached hydrogen (secondary N) is 2. The zero-order valence-corrected chi connectivity index (χ0v) is 16.6. The molecule has 0 bridgehead atoms. The molecule has 8 heteroatoms. The fraction of sp³-hybridized carbons (Fsp3) is 0.533. The molecule has 1 aromatic carbocycles. The van der Waals surface area contributed by atoms with E-state index >= 15 is 0 Å². The highest BCUT2D eigenvalue weighted by molar-refractivity contribution is 14.0. The molecule has 0 amide bonds. The van der Waals surface area contributed by atoms with Crippen LogP contribution in [-0.2, 0) is 16.4 Å². The summed E-state index contributed by atoms with van der Waals surface area (Å²) in [6, 6.07) is 7.65. The topological polar surface area (TPSA) is 79.8 Å². The van der Waals surface area contributed by atoms with Gasteiger partial charge in [0.2, 0.25) is 0 Å². The van der Waals surface area contributed by atoms with Gasteiger partial charge in [-0.1, -0.05) is 18.2 Å². The third-order valence-electron chi connectivity index (χ3n) is 3.52. The van der Waals surface area contributed by atoms with Crippen molar-refractivity contribution in [3.05, 3.63) is 29.8 Å². The number of para-hydroxylation sites is 1. The van der Waals surface area contributed by atoms with E-state index in [-0.39, 0.29) is 41.5 Å². The van der Waals surface area contributed by atoms with Gasteiger partial charge in [-0.25, -0.2) is 13.4 Å². The highest BCUT2D eigenvalue weighted by Crippen LogP contribution is 2.18. The van der Waals surface area contributed by atoms with E-state index in [4.69, 9.17) is 4.74 Å². The summed E-state index contributed by atoms with van der Waals surface area (Å²) < 4.78 is 28.4. The van der Waals surface area contributed by atoms with Crippen molar-refractivity contribution in [2.45, 2.75) is 25.9 Å². The Hall–Kier alpha value is -1.03. The Balaban J connectivity index is 0.00000264. The summed E-state index contributed by atoms with van der Waals surface area (Å²) >= 11 is 0. The number of sulfone groups is 1. The zero-order chi connectivity index (χ0) is 16.0. The third kappa shape index (κ3) is 6.17. The smallest absolute Gasteiger partial charge is 0.191 e. The van der Waals surface area contributed by atoms with Crippen LogP contribution in [0.25, 0.3) is 0 Å². The molecule has 2 rings (SSSR count). The number of halogens is 1. The summed E-state index contributed by atoms with van der Waals surface area (Å²) in [6.07, 6.45) is 0.626. The van der Waals surface area contributed by atoms with Crippen LogP contribution in [0.3, 0.4) is 0 Å². The van der Waals surface area contributed by atoms with Crippen LogP contribution in [-0.4, -0.2) is 45.6 Å². The van der Waals surface area contributed by atoms with Crippen LogP contribution in [0.5, 0.6) is 5.75 Å². The van der Waals surface area contributed by atoms with Gasteiger partial charge >= 0.3 is 0 Å². The molecule has 0 radical (unpaired) electrons. The summed E-state index contributed by atoms with van der Waals surface area (Å²) in [5.74, 6) is 1.85. The normalized spacial score (nSPS) is 19.7. The SMILES string of the molecule is CCNC(=NCc1ccccc1OC)NC1CCS(=O)(=O)C1.I. The predicted molar refractivity (Wildman–Crippen MR) is 103 cm³/mol. The molecule has 1 fully saturated rings. The third-order valence-corrected chi connectivity index (χ3v) is 5.29. The quantitative estimate of drug-likeness (QED) is 0.402. The van der Waals surface area contributed by atoms with Gasteiger partial charge in [0.15, 0.2) is 15.8 Å². The number of aliphatic imine (C=N–C) groups is 1. The Labute approximate surface area is 155 Å². The molecular weight excluding hydrogens is 429 g/mol. The first-order chi connectivity index (χ1) is 10.5. The molecule has 1 heterocycles. The molecule has 1 aliphatic rings. The van der Waals surface area contributed by atoms with Crippen molar-refractivity contribution in [2.24, 2.45) is 4.99 Å². The molecule has 23 heavy (non-hydrogen) atoms. The summed E-state index contributed by atoms with van der Waals surface area (Å²) in [4.78, 5) is 4.52. The van der Waals surface area contributed by atoms with Crippen LogP contribution in [0, 0.1) is 0 Å². The maximum atomic E-state index is 11.5. The molecule has 1 saturated heterocycles. The Kier molecular flexibility index (Phi) is 8.10. The van der Waals surface area contributed by atoms with E-state index in [9.17, 15) is 8.42 Å². The van der Waals surface area contributed by atoms with Crippen LogP contribution < -0.4 is 15.4 Å². The first kappa shape index (κ1) is 20.0. The van der Waals surface area contributed by atoms with Gasteiger partial charge in [0.05, 0.1) is 25.2 Å². The number of guanidine groups is 1. The van der Waals surface area contributed by atoms with Crippen molar-refractivity contribution in [3.8, 4) is 5.75 Å². The van der Waals surface area contributed by atoms with Crippen LogP contribution in [0.4, 0.5) is 0 Å². The average molecular weight is 453 g/mol. The van der Waals surface area contributed by atoms with E-state index in [1.54, 1.807) is 7.11 Å². The molecule has 0 spiro atoms. The van der Waals surface area contributed by atoms with Crippen molar-refractivity contribution in [2.75, 3.05) is 25.2 Å². The van der Waals surface area contributed by atoms with Crippen LogP contribution in [0.2, 0.25) is 0 Å². The predicted octanol–water partition coefficient (Wildman–Crippen LogP) is 1.56. The minimum Gasteiger partial charge on any atom is -0.496 e. The van der Waals surface area contributed by atoms with E-state index in [1.807, 2.05) is 31.2 Å². The fourth-order valence-corrected chi connectivity index (χ4v) is 4.09. The number of benzene rings is 1. The average Bonchev–Trinajstić information content (AvgIpc) is 2.84. The van der Waals surface area contributed by atoms with Gasteiger partial charge in [-0.05, 0) is 19.4 Å². The molecular formula is C15H24IN3O3S. The first-order valence-electron chi connectivity index (χ1n) is 7.41. The molecule has 1 unspecified atom stereocenters. The molecule has 1 aromatic rings. The Morgan fingerprint density at radius 3 is 2.74 bits per heavy atom. The fourth-order valence-electron chi connectivity index (χ4n) is 2.42. The summed E-state index contributed by atoms with van der Waals surface area (Å²) in [6.45, 7) is 3.17. The largest absolute Gasteiger partial charge is 0.496 e.